The number of ether oxygens (including phenoxy) is 2. The van der Waals surface area contributed by atoms with Gasteiger partial charge in [0.2, 0.25) is 5.91 Å². The van der Waals surface area contributed by atoms with Gasteiger partial charge in [0.1, 0.15) is 5.82 Å². The lowest BCUT2D eigenvalue weighted by Crippen LogP contribution is -2.31. The predicted octanol–water partition coefficient (Wildman–Crippen LogP) is 3.61. The monoisotopic (exact) mass is 331 g/mol. The van der Waals surface area contributed by atoms with E-state index in [-0.39, 0.29) is 24.2 Å². The van der Waals surface area contributed by atoms with E-state index in [1.165, 1.54) is 12.1 Å². The molecule has 0 saturated carbocycles. The van der Waals surface area contributed by atoms with Crippen LogP contribution in [0.2, 0.25) is 0 Å². The van der Waals surface area contributed by atoms with Gasteiger partial charge in [-0.1, -0.05) is 18.2 Å². The topological polar surface area (TPSA) is 38.8 Å². The summed E-state index contributed by atoms with van der Waals surface area (Å²) in [5.74, 6) is 0.906. The zero-order chi connectivity index (χ0) is 17.7. The average molecular weight is 331 g/mol. The van der Waals surface area contributed by atoms with Crippen LogP contribution >= 0.6 is 0 Å². The molecule has 5 heteroatoms. The van der Waals surface area contributed by atoms with Gasteiger partial charge >= 0.3 is 0 Å². The molecule has 0 N–H and O–H groups in total. The number of carbonyl (C=O) groups excluding carboxylic acids is 1. The highest BCUT2D eigenvalue weighted by Gasteiger charge is 2.18. The molecule has 0 aliphatic heterocycles. The van der Waals surface area contributed by atoms with Crippen LogP contribution in [0.15, 0.2) is 42.5 Å². The SMILES string of the molecule is COc1ccc(CC(=O)N(C)C(C)c2ccc(F)cc2)cc1OC. The van der Waals surface area contributed by atoms with E-state index in [2.05, 4.69) is 0 Å². The van der Waals surface area contributed by atoms with Gasteiger partial charge in [-0.3, -0.25) is 4.79 Å². The van der Waals surface area contributed by atoms with Crippen molar-refractivity contribution in [3.63, 3.8) is 0 Å². The molecule has 1 unspecified atom stereocenters. The first kappa shape index (κ1) is 17.8. The number of amides is 1. The molecule has 0 spiro atoms. The first-order valence-corrected chi connectivity index (χ1v) is 7.68. The molecular weight excluding hydrogens is 309 g/mol. The Morgan fingerprint density at radius 2 is 1.71 bits per heavy atom. The van der Waals surface area contributed by atoms with Gasteiger partial charge in [-0.15, -0.1) is 0 Å². The number of methoxy groups -OCH3 is 2. The van der Waals surface area contributed by atoms with Crippen LogP contribution in [-0.2, 0) is 11.2 Å². The highest BCUT2D eigenvalue weighted by atomic mass is 19.1. The van der Waals surface area contributed by atoms with Crippen molar-refractivity contribution in [2.45, 2.75) is 19.4 Å². The van der Waals surface area contributed by atoms with Gasteiger partial charge < -0.3 is 14.4 Å². The van der Waals surface area contributed by atoms with Crippen molar-refractivity contribution in [2.24, 2.45) is 0 Å². The summed E-state index contributed by atoms with van der Waals surface area (Å²) in [6, 6.07) is 11.5. The highest BCUT2D eigenvalue weighted by Crippen LogP contribution is 2.28. The van der Waals surface area contributed by atoms with Crippen LogP contribution in [0.3, 0.4) is 0 Å². The summed E-state index contributed by atoms with van der Waals surface area (Å²) in [5, 5.41) is 0. The number of rotatable bonds is 6. The fourth-order valence-electron chi connectivity index (χ4n) is 2.47. The Morgan fingerprint density at radius 3 is 2.29 bits per heavy atom. The third-order valence-corrected chi connectivity index (χ3v) is 4.13. The molecule has 0 fully saturated rings. The fourth-order valence-corrected chi connectivity index (χ4v) is 2.47. The molecule has 2 aromatic rings. The molecule has 1 amide bonds. The predicted molar refractivity (Wildman–Crippen MR) is 90.8 cm³/mol. The van der Waals surface area contributed by atoms with Crippen LogP contribution in [-0.4, -0.2) is 32.1 Å². The summed E-state index contributed by atoms with van der Waals surface area (Å²) in [6.07, 6.45) is 0.252. The molecule has 0 bridgehead atoms. The van der Waals surface area contributed by atoms with E-state index >= 15 is 0 Å². The summed E-state index contributed by atoms with van der Waals surface area (Å²) >= 11 is 0. The third-order valence-electron chi connectivity index (χ3n) is 4.13. The fraction of sp³-hybridized carbons (Fsp3) is 0.316. The maximum Gasteiger partial charge on any atom is 0.227 e. The van der Waals surface area contributed by atoms with E-state index < -0.39 is 0 Å². The number of likely N-dealkylation sites (N-methyl/N-ethyl adjacent to an activating group) is 1. The largest absolute Gasteiger partial charge is 0.493 e. The maximum atomic E-state index is 13.0. The van der Waals surface area contributed by atoms with Crippen LogP contribution in [0.1, 0.15) is 24.1 Å². The second kappa shape index (κ2) is 7.81. The lowest BCUT2D eigenvalue weighted by Gasteiger charge is -2.25. The standard InChI is InChI=1S/C19H22FNO3/c1-13(15-6-8-16(20)9-7-15)21(2)19(22)12-14-5-10-17(23-3)18(11-14)24-4/h5-11,13H,12H2,1-4H3. The zero-order valence-corrected chi connectivity index (χ0v) is 14.4. The molecule has 24 heavy (non-hydrogen) atoms. The Bertz CT molecular complexity index is 700. The number of benzene rings is 2. The van der Waals surface area contributed by atoms with Gasteiger partial charge in [-0.25, -0.2) is 4.39 Å². The first-order chi connectivity index (χ1) is 11.5. The van der Waals surface area contributed by atoms with Crippen molar-refractivity contribution in [1.82, 2.24) is 4.90 Å². The molecule has 2 rings (SSSR count). The number of carbonyl (C=O) groups is 1. The molecule has 0 aromatic heterocycles. The van der Waals surface area contributed by atoms with E-state index in [1.54, 1.807) is 50.4 Å². The summed E-state index contributed by atoms with van der Waals surface area (Å²) in [5.41, 5.74) is 1.73. The van der Waals surface area contributed by atoms with E-state index in [0.29, 0.717) is 11.5 Å². The Kier molecular flexibility index (Phi) is 5.79. The molecule has 0 heterocycles. The second-order valence-electron chi connectivity index (χ2n) is 5.60. The Hall–Kier alpha value is -2.56. The summed E-state index contributed by atoms with van der Waals surface area (Å²) in [7, 11) is 4.88. The summed E-state index contributed by atoms with van der Waals surface area (Å²) in [4.78, 5) is 14.2. The van der Waals surface area contributed by atoms with E-state index in [0.717, 1.165) is 11.1 Å². The van der Waals surface area contributed by atoms with E-state index in [4.69, 9.17) is 9.47 Å². The zero-order valence-electron chi connectivity index (χ0n) is 14.4. The molecule has 4 nitrogen and oxygen atoms in total. The van der Waals surface area contributed by atoms with Crippen molar-refractivity contribution in [3.05, 3.63) is 59.4 Å². The molecular formula is C19H22FNO3. The molecule has 0 saturated heterocycles. The van der Waals surface area contributed by atoms with E-state index in [9.17, 15) is 9.18 Å². The Labute approximate surface area is 141 Å². The van der Waals surface area contributed by atoms with Crippen molar-refractivity contribution in [1.29, 1.82) is 0 Å². The van der Waals surface area contributed by atoms with Crippen LogP contribution in [0.5, 0.6) is 11.5 Å². The summed E-state index contributed by atoms with van der Waals surface area (Å²) in [6.45, 7) is 1.92. The van der Waals surface area contributed by atoms with Gasteiger partial charge in [0, 0.05) is 7.05 Å². The van der Waals surface area contributed by atoms with Crippen LogP contribution in [0, 0.1) is 5.82 Å². The van der Waals surface area contributed by atoms with Gasteiger partial charge in [0.15, 0.2) is 11.5 Å². The van der Waals surface area contributed by atoms with Crippen molar-refractivity contribution in [2.75, 3.05) is 21.3 Å². The average Bonchev–Trinajstić information content (AvgIpc) is 2.60. The molecule has 0 aliphatic rings. The number of hydrogen-bond donors (Lipinski definition) is 0. The van der Waals surface area contributed by atoms with Gasteiger partial charge in [-0.05, 0) is 42.3 Å². The first-order valence-electron chi connectivity index (χ1n) is 7.68. The molecule has 2 aromatic carbocycles. The smallest absolute Gasteiger partial charge is 0.227 e. The second-order valence-corrected chi connectivity index (χ2v) is 5.60. The molecule has 1 atom stereocenters. The lowest BCUT2D eigenvalue weighted by molar-refractivity contribution is -0.131. The van der Waals surface area contributed by atoms with Gasteiger partial charge in [0.25, 0.3) is 0 Å². The Balaban J connectivity index is 2.09. The van der Waals surface area contributed by atoms with Crippen LogP contribution < -0.4 is 9.47 Å². The lowest BCUT2D eigenvalue weighted by atomic mass is 10.1. The van der Waals surface area contributed by atoms with Crippen molar-refractivity contribution in [3.8, 4) is 11.5 Å². The maximum absolute atomic E-state index is 13.0. The van der Waals surface area contributed by atoms with Crippen molar-refractivity contribution < 1.29 is 18.7 Å². The highest BCUT2D eigenvalue weighted by molar-refractivity contribution is 5.79. The minimum absolute atomic E-state index is 0.0287. The van der Waals surface area contributed by atoms with Crippen LogP contribution in [0.25, 0.3) is 0 Å². The summed E-state index contributed by atoms with van der Waals surface area (Å²) < 4.78 is 23.5. The quantitative estimate of drug-likeness (QED) is 0.812. The van der Waals surface area contributed by atoms with Gasteiger partial charge in [-0.2, -0.15) is 0 Å². The molecule has 128 valence electrons. The Morgan fingerprint density at radius 1 is 1.08 bits per heavy atom. The number of hydrogen-bond acceptors (Lipinski definition) is 3. The van der Waals surface area contributed by atoms with E-state index in [1.807, 2.05) is 13.0 Å². The minimum atomic E-state index is -0.287. The minimum Gasteiger partial charge on any atom is -0.493 e. The number of nitrogens with zero attached hydrogens (tertiary/aromatic N) is 1. The van der Waals surface area contributed by atoms with Crippen LogP contribution in [0.4, 0.5) is 4.39 Å². The normalized spacial score (nSPS) is 11.7. The third kappa shape index (κ3) is 4.04. The number of halogens is 1. The van der Waals surface area contributed by atoms with Crippen molar-refractivity contribution >= 4 is 5.91 Å². The molecule has 0 radical (unpaired) electrons. The molecule has 0 aliphatic carbocycles. The van der Waals surface area contributed by atoms with Gasteiger partial charge in [0.05, 0.1) is 26.7 Å².